The molecule has 0 heterocycles. The molecule has 5 aromatic carbocycles. The second kappa shape index (κ2) is 6.56. The minimum absolute atomic E-state index is 0.299. The lowest BCUT2D eigenvalue weighted by Crippen LogP contribution is -2.26. The molecule has 0 aliphatic heterocycles. The summed E-state index contributed by atoms with van der Waals surface area (Å²) in [6.07, 6.45) is 0. The van der Waals surface area contributed by atoms with Crippen LogP contribution in [0, 0.1) is 13.8 Å². The Hall–Kier alpha value is -3.90. The summed E-state index contributed by atoms with van der Waals surface area (Å²) in [5.41, 5.74) is 16.0. The molecule has 0 atom stereocenters. The van der Waals surface area contributed by atoms with Crippen LogP contribution in [0.1, 0.15) is 33.4 Å². The van der Waals surface area contributed by atoms with Crippen LogP contribution in [-0.4, -0.2) is 0 Å². The summed E-state index contributed by atoms with van der Waals surface area (Å²) in [5.74, 6) is 0. The molecule has 0 unspecified atom stereocenters. The Kier molecular flexibility index (Phi) is 3.71. The van der Waals surface area contributed by atoms with Gasteiger partial charge in [0.2, 0.25) is 0 Å². The smallest absolute Gasteiger partial charge is 0.0619 e. The van der Waals surface area contributed by atoms with E-state index in [1.165, 1.54) is 66.8 Å². The summed E-state index contributed by atoms with van der Waals surface area (Å²) in [7, 11) is 0. The van der Waals surface area contributed by atoms with Gasteiger partial charge < -0.3 is 0 Å². The van der Waals surface area contributed by atoms with E-state index in [2.05, 4.69) is 123 Å². The van der Waals surface area contributed by atoms with Gasteiger partial charge in [-0.3, -0.25) is 0 Å². The maximum absolute atomic E-state index is 2.35. The Bertz CT molecular complexity index is 1520. The highest BCUT2D eigenvalue weighted by molar-refractivity contribution is 5.98. The Labute approximate surface area is 195 Å². The maximum atomic E-state index is 2.35. The predicted octanol–water partition coefficient (Wildman–Crippen LogP) is 8.31. The standard InChI is InChI=1S/C33H24/c1-21-18-19-23(22(2)20-21)27-13-9-14-28-26-12-5-8-17-31(26)33(32(27)28)29-15-6-3-10-24(29)25-11-4-7-16-30(25)33/h3-20H,1-2H3. The number of aryl methyl sites for hydroxylation is 2. The van der Waals surface area contributed by atoms with Crippen LogP contribution in [0.15, 0.2) is 109 Å². The van der Waals surface area contributed by atoms with Crippen molar-refractivity contribution in [1.29, 1.82) is 0 Å². The van der Waals surface area contributed by atoms with Crippen molar-refractivity contribution < 1.29 is 0 Å². The number of rotatable bonds is 1. The predicted molar refractivity (Wildman–Crippen MR) is 138 cm³/mol. The summed E-state index contributed by atoms with van der Waals surface area (Å²) in [5, 5.41) is 0. The lowest BCUT2D eigenvalue weighted by molar-refractivity contribution is 0.795. The van der Waals surface area contributed by atoms with Crippen molar-refractivity contribution >= 4 is 0 Å². The first-order valence-electron chi connectivity index (χ1n) is 11.7. The van der Waals surface area contributed by atoms with Crippen molar-refractivity contribution in [2.24, 2.45) is 0 Å². The van der Waals surface area contributed by atoms with Crippen molar-refractivity contribution in [3.63, 3.8) is 0 Å². The molecule has 0 saturated carbocycles. The molecule has 0 saturated heterocycles. The molecule has 156 valence electrons. The molecule has 2 aliphatic carbocycles. The zero-order valence-electron chi connectivity index (χ0n) is 18.9. The third kappa shape index (κ3) is 2.26. The van der Waals surface area contributed by atoms with Gasteiger partial charge in [0, 0.05) is 0 Å². The molecule has 0 heteroatoms. The molecular weight excluding hydrogens is 396 g/mol. The average molecular weight is 421 g/mol. The molecule has 0 amide bonds. The van der Waals surface area contributed by atoms with E-state index in [4.69, 9.17) is 0 Å². The van der Waals surface area contributed by atoms with E-state index in [0.717, 1.165) is 0 Å². The summed E-state index contributed by atoms with van der Waals surface area (Å²) < 4.78 is 0. The van der Waals surface area contributed by atoms with Gasteiger partial charge in [0.25, 0.3) is 0 Å². The van der Waals surface area contributed by atoms with Gasteiger partial charge in [-0.25, -0.2) is 0 Å². The molecule has 1 spiro atoms. The highest BCUT2D eigenvalue weighted by atomic mass is 14.5. The number of hydrogen-bond acceptors (Lipinski definition) is 0. The molecule has 0 bridgehead atoms. The maximum Gasteiger partial charge on any atom is 0.0731 e. The van der Waals surface area contributed by atoms with E-state index in [1.54, 1.807) is 0 Å². The number of hydrogen-bond donors (Lipinski definition) is 0. The summed E-state index contributed by atoms with van der Waals surface area (Å²) in [6, 6.07) is 40.8. The second-order valence-electron chi connectivity index (χ2n) is 9.43. The lowest BCUT2D eigenvalue weighted by atomic mass is 9.68. The van der Waals surface area contributed by atoms with E-state index in [1.807, 2.05) is 0 Å². The van der Waals surface area contributed by atoms with E-state index < -0.39 is 0 Å². The van der Waals surface area contributed by atoms with Crippen LogP contribution in [0.25, 0.3) is 33.4 Å². The third-order valence-electron chi connectivity index (χ3n) is 7.69. The molecule has 0 nitrogen and oxygen atoms in total. The zero-order chi connectivity index (χ0) is 22.2. The van der Waals surface area contributed by atoms with Crippen LogP contribution in [0.4, 0.5) is 0 Å². The molecule has 0 aromatic heterocycles. The van der Waals surface area contributed by atoms with Crippen LogP contribution in [-0.2, 0) is 5.41 Å². The molecule has 0 N–H and O–H groups in total. The fourth-order valence-electron chi connectivity index (χ4n) is 6.50. The first-order chi connectivity index (χ1) is 16.2. The van der Waals surface area contributed by atoms with E-state index in [9.17, 15) is 0 Å². The van der Waals surface area contributed by atoms with Gasteiger partial charge in [0.15, 0.2) is 0 Å². The number of fused-ring (bicyclic) bond motifs is 10. The Balaban J connectivity index is 1.70. The molecule has 0 radical (unpaired) electrons. The topological polar surface area (TPSA) is 0 Å². The highest BCUT2D eigenvalue weighted by Crippen LogP contribution is 2.64. The van der Waals surface area contributed by atoms with Gasteiger partial charge in [-0.05, 0) is 75.0 Å². The minimum Gasteiger partial charge on any atom is -0.0619 e. The lowest BCUT2D eigenvalue weighted by Gasteiger charge is -2.32. The van der Waals surface area contributed by atoms with Gasteiger partial charge >= 0.3 is 0 Å². The van der Waals surface area contributed by atoms with Crippen LogP contribution in [0.2, 0.25) is 0 Å². The van der Waals surface area contributed by atoms with Crippen LogP contribution >= 0.6 is 0 Å². The monoisotopic (exact) mass is 420 g/mol. The van der Waals surface area contributed by atoms with E-state index in [0.29, 0.717) is 0 Å². The van der Waals surface area contributed by atoms with Crippen LogP contribution in [0.3, 0.4) is 0 Å². The fourth-order valence-corrected chi connectivity index (χ4v) is 6.50. The Morgan fingerprint density at radius 3 is 1.42 bits per heavy atom. The zero-order valence-corrected chi connectivity index (χ0v) is 18.9. The molecule has 2 aliphatic rings. The van der Waals surface area contributed by atoms with Gasteiger partial charge in [-0.1, -0.05) is 115 Å². The van der Waals surface area contributed by atoms with Crippen molar-refractivity contribution in [2.45, 2.75) is 19.3 Å². The highest BCUT2D eigenvalue weighted by Gasteiger charge is 2.52. The summed E-state index contributed by atoms with van der Waals surface area (Å²) in [6.45, 7) is 4.42. The van der Waals surface area contributed by atoms with Crippen LogP contribution in [0.5, 0.6) is 0 Å². The summed E-state index contributed by atoms with van der Waals surface area (Å²) in [4.78, 5) is 0. The van der Waals surface area contributed by atoms with E-state index >= 15 is 0 Å². The van der Waals surface area contributed by atoms with Gasteiger partial charge in [-0.15, -0.1) is 0 Å². The Morgan fingerprint density at radius 2 is 0.879 bits per heavy atom. The van der Waals surface area contributed by atoms with Gasteiger partial charge in [0.05, 0.1) is 5.41 Å². The number of benzene rings is 5. The fraction of sp³-hybridized carbons (Fsp3) is 0.0909. The Morgan fingerprint density at radius 1 is 0.424 bits per heavy atom. The molecule has 7 rings (SSSR count). The second-order valence-corrected chi connectivity index (χ2v) is 9.43. The van der Waals surface area contributed by atoms with Gasteiger partial charge in [0.1, 0.15) is 0 Å². The quantitative estimate of drug-likeness (QED) is 0.250. The summed E-state index contributed by atoms with van der Waals surface area (Å²) >= 11 is 0. The SMILES string of the molecule is Cc1ccc(-c2cccc3c2C2(c4ccccc4-c4ccccc42)c2ccccc2-3)c(C)c1. The molecule has 33 heavy (non-hydrogen) atoms. The largest absolute Gasteiger partial charge is 0.0731 e. The molecule has 5 aromatic rings. The van der Waals surface area contributed by atoms with Crippen LogP contribution < -0.4 is 0 Å². The third-order valence-corrected chi connectivity index (χ3v) is 7.69. The first kappa shape index (κ1) is 18.7. The van der Waals surface area contributed by atoms with E-state index in [-0.39, 0.29) is 5.41 Å². The van der Waals surface area contributed by atoms with Crippen molar-refractivity contribution in [3.05, 3.63) is 143 Å². The average Bonchev–Trinajstić information content (AvgIpc) is 3.32. The van der Waals surface area contributed by atoms with Crippen molar-refractivity contribution in [2.75, 3.05) is 0 Å². The molecule has 0 fully saturated rings. The van der Waals surface area contributed by atoms with Crippen molar-refractivity contribution in [1.82, 2.24) is 0 Å². The van der Waals surface area contributed by atoms with Crippen molar-refractivity contribution in [3.8, 4) is 33.4 Å². The first-order valence-corrected chi connectivity index (χ1v) is 11.7. The minimum atomic E-state index is -0.299. The normalized spacial score (nSPS) is 14.0. The van der Waals surface area contributed by atoms with Gasteiger partial charge in [-0.2, -0.15) is 0 Å². The molecular formula is C33H24.